The Hall–Kier alpha value is -2.73. The van der Waals surface area contributed by atoms with Crippen molar-refractivity contribution in [1.82, 2.24) is 5.32 Å². The molecule has 0 bridgehead atoms. The highest BCUT2D eigenvalue weighted by Gasteiger charge is 2.18. The molecule has 0 saturated heterocycles. The van der Waals surface area contributed by atoms with Gasteiger partial charge in [-0.2, -0.15) is 0 Å². The molecule has 178 valence electrons. The molecule has 0 radical (unpaired) electrons. The van der Waals surface area contributed by atoms with Crippen molar-refractivity contribution in [2.45, 2.75) is 68.1 Å². The van der Waals surface area contributed by atoms with E-state index in [9.17, 15) is 14.7 Å². The molecular weight excluding hydrogens is 432 g/mol. The van der Waals surface area contributed by atoms with E-state index < -0.39 is 11.9 Å². The summed E-state index contributed by atoms with van der Waals surface area (Å²) < 4.78 is 0. The third-order valence-corrected chi connectivity index (χ3v) is 6.48. The van der Waals surface area contributed by atoms with Gasteiger partial charge >= 0.3 is 12.0 Å². The fourth-order valence-electron chi connectivity index (χ4n) is 3.65. The van der Waals surface area contributed by atoms with Crippen LogP contribution in [0.15, 0.2) is 71.0 Å². The molecule has 1 atom stereocenters. The average Bonchev–Trinajstić information content (AvgIpc) is 2.81. The van der Waals surface area contributed by atoms with Crippen LogP contribution in [0.1, 0.15) is 63.9 Å². The van der Waals surface area contributed by atoms with Gasteiger partial charge in [-0.3, -0.25) is 9.69 Å². The minimum absolute atomic E-state index is 0.115. The molecule has 33 heavy (non-hydrogen) atoms. The van der Waals surface area contributed by atoms with Crippen LogP contribution in [0.2, 0.25) is 0 Å². The number of hydrogen-bond donors (Lipinski definition) is 2. The molecule has 1 unspecified atom stereocenters. The number of aliphatic carboxylic acids is 1. The number of benzene rings is 2. The van der Waals surface area contributed by atoms with Crippen molar-refractivity contribution in [2.24, 2.45) is 0 Å². The summed E-state index contributed by atoms with van der Waals surface area (Å²) >= 11 is 1.60. The molecule has 6 heteroatoms. The van der Waals surface area contributed by atoms with Crippen LogP contribution in [-0.2, 0) is 4.79 Å². The molecule has 0 aliphatic heterocycles. The minimum Gasteiger partial charge on any atom is -0.481 e. The summed E-state index contributed by atoms with van der Waals surface area (Å²) in [4.78, 5) is 28.1. The van der Waals surface area contributed by atoms with Crippen molar-refractivity contribution in [3.8, 4) is 0 Å². The first kappa shape index (κ1) is 26.5. The summed E-state index contributed by atoms with van der Waals surface area (Å²) in [7, 11) is 0. The van der Waals surface area contributed by atoms with Gasteiger partial charge in [0.05, 0.1) is 5.92 Å². The Bertz CT molecular complexity index is 898. The van der Waals surface area contributed by atoms with Crippen molar-refractivity contribution in [1.29, 1.82) is 0 Å². The van der Waals surface area contributed by atoms with Crippen molar-refractivity contribution in [3.63, 3.8) is 0 Å². The zero-order valence-electron chi connectivity index (χ0n) is 19.8. The molecule has 2 N–H and O–H groups in total. The molecule has 0 saturated carbocycles. The van der Waals surface area contributed by atoms with Gasteiger partial charge in [-0.1, -0.05) is 75.6 Å². The molecule has 0 aromatic heterocycles. The Labute approximate surface area is 202 Å². The zero-order valence-corrected chi connectivity index (χ0v) is 20.6. The average molecular weight is 469 g/mol. The van der Waals surface area contributed by atoms with Crippen LogP contribution in [0.3, 0.4) is 0 Å². The number of urea groups is 1. The highest BCUT2D eigenvalue weighted by molar-refractivity contribution is 7.99. The summed E-state index contributed by atoms with van der Waals surface area (Å²) in [6.45, 7) is 8.86. The Morgan fingerprint density at radius 1 is 1.06 bits per heavy atom. The summed E-state index contributed by atoms with van der Waals surface area (Å²) in [6.07, 6.45) is 7.91. The van der Waals surface area contributed by atoms with E-state index in [4.69, 9.17) is 0 Å². The zero-order chi connectivity index (χ0) is 24.1. The maximum atomic E-state index is 12.8. The third-order valence-electron chi connectivity index (χ3n) is 5.48. The number of amides is 2. The van der Waals surface area contributed by atoms with Gasteiger partial charge in [0, 0.05) is 28.6 Å². The predicted octanol–water partition coefficient (Wildman–Crippen LogP) is 7.09. The van der Waals surface area contributed by atoms with Crippen LogP contribution < -0.4 is 10.2 Å². The van der Waals surface area contributed by atoms with Crippen LogP contribution >= 0.6 is 11.8 Å². The lowest BCUT2D eigenvalue weighted by Crippen LogP contribution is -2.40. The van der Waals surface area contributed by atoms with Gasteiger partial charge in [0.25, 0.3) is 0 Å². The van der Waals surface area contributed by atoms with Crippen LogP contribution in [0.25, 0.3) is 0 Å². The standard InChI is InChI=1S/C27H36N2O3S/c1-4-7-8-9-10-19-29(27(32)28-18-5-2)22-12-11-13-24(20-22)33-23-16-14-21(15-17-23)25(6-3)26(30)31/h5,11-17,20,25H,2,4,6-10,18-19H2,1,3H3,(H,28,32)(H,30,31). The third kappa shape index (κ3) is 8.61. The van der Waals surface area contributed by atoms with E-state index in [1.807, 2.05) is 55.5 Å². The minimum atomic E-state index is -0.796. The number of nitrogens with zero attached hydrogens (tertiary/aromatic N) is 1. The van der Waals surface area contributed by atoms with Crippen molar-refractivity contribution >= 4 is 29.4 Å². The molecule has 0 heterocycles. The van der Waals surface area contributed by atoms with Crippen LogP contribution in [0.5, 0.6) is 0 Å². The number of anilines is 1. The fraction of sp³-hybridized carbons (Fsp3) is 0.407. The molecule has 2 amide bonds. The largest absolute Gasteiger partial charge is 0.481 e. The van der Waals surface area contributed by atoms with Crippen LogP contribution in [-0.4, -0.2) is 30.2 Å². The molecular formula is C27H36N2O3S. The maximum Gasteiger partial charge on any atom is 0.322 e. The number of nitrogens with one attached hydrogen (secondary N) is 1. The SMILES string of the molecule is C=CCNC(=O)N(CCCCCCC)c1cccc(Sc2ccc(C(CC)C(=O)O)cc2)c1. The fourth-order valence-corrected chi connectivity index (χ4v) is 4.52. The maximum absolute atomic E-state index is 12.8. The smallest absolute Gasteiger partial charge is 0.322 e. The van der Waals surface area contributed by atoms with Crippen molar-refractivity contribution in [3.05, 3.63) is 66.7 Å². The second-order valence-corrected chi connectivity index (χ2v) is 9.16. The van der Waals surface area contributed by atoms with Crippen LogP contribution in [0.4, 0.5) is 10.5 Å². The number of carboxylic acid groups (broad SMARTS) is 1. The Morgan fingerprint density at radius 3 is 2.42 bits per heavy atom. The molecule has 2 aromatic rings. The first-order valence-corrected chi connectivity index (χ1v) is 12.6. The molecule has 2 aromatic carbocycles. The predicted molar refractivity (Wildman–Crippen MR) is 137 cm³/mol. The molecule has 0 fully saturated rings. The van der Waals surface area contributed by atoms with Gasteiger partial charge in [0.1, 0.15) is 0 Å². The Balaban J connectivity index is 2.13. The molecule has 0 spiro atoms. The number of carbonyl (C=O) groups excluding carboxylic acids is 1. The molecule has 2 rings (SSSR count). The summed E-state index contributed by atoms with van der Waals surface area (Å²) in [6, 6.07) is 15.6. The molecule has 0 aliphatic rings. The van der Waals surface area contributed by atoms with Gasteiger partial charge in [-0.25, -0.2) is 4.79 Å². The number of hydrogen-bond acceptors (Lipinski definition) is 3. The van der Waals surface area contributed by atoms with Gasteiger partial charge in [-0.05, 0) is 48.7 Å². The van der Waals surface area contributed by atoms with Gasteiger partial charge in [-0.15, -0.1) is 6.58 Å². The van der Waals surface area contributed by atoms with E-state index in [-0.39, 0.29) is 6.03 Å². The Morgan fingerprint density at radius 2 is 1.79 bits per heavy atom. The van der Waals surface area contributed by atoms with E-state index in [0.29, 0.717) is 19.5 Å². The van der Waals surface area contributed by atoms with Crippen LogP contribution in [0, 0.1) is 0 Å². The van der Waals surface area contributed by atoms with E-state index >= 15 is 0 Å². The normalized spacial score (nSPS) is 11.6. The monoisotopic (exact) mass is 468 g/mol. The topological polar surface area (TPSA) is 69.6 Å². The lowest BCUT2D eigenvalue weighted by atomic mass is 9.97. The van der Waals surface area contributed by atoms with E-state index in [1.54, 1.807) is 22.7 Å². The number of carbonyl (C=O) groups is 2. The van der Waals surface area contributed by atoms with Crippen molar-refractivity contribution in [2.75, 3.05) is 18.0 Å². The summed E-state index contributed by atoms with van der Waals surface area (Å²) in [5.41, 5.74) is 1.68. The van der Waals surface area contributed by atoms with E-state index in [1.165, 1.54) is 19.3 Å². The van der Waals surface area contributed by atoms with E-state index in [0.717, 1.165) is 33.9 Å². The van der Waals surface area contributed by atoms with Gasteiger partial charge < -0.3 is 10.4 Å². The second kappa shape index (κ2) is 14.4. The first-order chi connectivity index (χ1) is 16.0. The summed E-state index contributed by atoms with van der Waals surface area (Å²) in [5.74, 6) is -1.28. The van der Waals surface area contributed by atoms with E-state index in [2.05, 4.69) is 18.8 Å². The number of unbranched alkanes of at least 4 members (excludes halogenated alkanes) is 4. The number of carboxylic acids is 1. The molecule has 5 nitrogen and oxygen atoms in total. The van der Waals surface area contributed by atoms with Gasteiger partial charge in [0.2, 0.25) is 0 Å². The summed E-state index contributed by atoms with van der Waals surface area (Å²) in [5, 5.41) is 12.3. The quantitative estimate of drug-likeness (QED) is 0.229. The van der Waals surface area contributed by atoms with Crippen molar-refractivity contribution < 1.29 is 14.7 Å². The lowest BCUT2D eigenvalue weighted by molar-refractivity contribution is -0.138. The Kier molecular flexibility index (Phi) is 11.6. The number of rotatable bonds is 14. The highest BCUT2D eigenvalue weighted by atomic mass is 32.2. The second-order valence-electron chi connectivity index (χ2n) is 8.01. The lowest BCUT2D eigenvalue weighted by Gasteiger charge is -2.23. The molecule has 0 aliphatic carbocycles. The van der Waals surface area contributed by atoms with Gasteiger partial charge in [0.15, 0.2) is 0 Å². The first-order valence-electron chi connectivity index (χ1n) is 11.8. The highest BCUT2D eigenvalue weighted by Crippen LogP contribution is 2.32.